The maximum atomic E-state index is 15.4. The fraction of sp³-hybridized carbons (Fsp3) is 0.417. The maximum Gasteiger partial charge on any atom is 0.319 e. The molecule has 260 valence electrons. The normalized spacial score (nSPS) is 14.0. The van der Waals surface area contributed by atoms with E-state index in [0.29, 0.717) is 66.4 Å². The summed E-state index contributed by atoms with van der Waals surface area (Å²) in [6, 6.07) is 11.4. The van der Waals surface area contributed by atoms with Crippen LogP contribution in [-0.4, -0.2) is 56.6 Å². The van der Waals surface area contributed by atoms with Crippen LogP contribution in [0.15, 0.2) is 48.8 Å². The van der Waals surface area contributed by atoms with E-state index in [2.05, 4.69) is 41.3 Å². The van der Waals surface area contributed by atoms with Crippen molar-refractivity contribution in [3.05, 3.63) is 66.0 Å². The zero-order valence-corrected chi connectivity index (χ0v) is 29.8. The van der Waals surface area contributed by atoms with E-state index in [-0.39, 0.29) is 29.5 Å². The molecule has 0 spiro atoms. The van der Waals surface area contributed by atoms with Gasteiger partial charge in [0.05, 0.1) is 30.8 Å². The summed E-state index contributed by atoms with van der Waals surface area (Å²) in [4.78, 5) is 17.0. The fourth-order valence-electron chi connectivity index (χ4n) is 5.16. The molecule has 1 aliphatic rings. The van der Waals surface area contributed by atoms with Crippen LogP contribution in [0.5, 0.6) is 17.2 Å². The molecule has 4 aromatic rings. The smallest absolute Gasteiger partial charge is 0.319 e. The van der Waals surface area contributed by atoms with E-state index in [4.69, 9.17) is 18.9 Å². The molecule has 1 saturated heterocycles. The number of ether oxygens (including phenoxy) is 4. The molecule has 0 aliphatic carbocycles. The molecule has 2 N–H and O–H groups in total. The minimum Gasteiger partial charge on any atom is -0.492 e. The molecule has 13 heteroatoms. The molecule has 2 aromatic carbocycles. The third kappa shape index (κ3) is 8.94. The summed E-state index contributed by atoms with van der Waals surface area (Å²) >= 11 is 0. The minimum absolute atomic E-state index is 0.0687. The highest BCUT2D eigenvalue weighted by Gasteiger charge is 2.33. The molecule has 0 unspecified atom stereocenters. The van der Waals surface area contributed by atoms with Gasteiger partial charge in [0.1, 0.15) is 29.9 Å². The van der Waals surface area contributed by atoms with Gasteiger partial charge in [-0.05, 0) is 35.7 Å². The Hall–Kier alpha value is -4.51. The van der Waals surface area contributed by atoms with Crippen molar-refractivity contribution in [2.24, 2.45) is 11.3 Å². The number of hydrogen-bond donors (Lipinski definition) is 2. The van der Waals surface area contributed by atoms with Gasteiger partial charge in [-0.25, -0.2) is 18.6 Å². The Kier molecular flexibility index (Phi) is 10.9. The molecule has 5 rings (SSSR count). The second-order valence-electron chi connectivity index (χ2n) is 14.4. The summed E-state index contributed by atoms with van der Waals surface area (Å²) in [6.45, 7) is 15.5. The van der Waals surface area contributed by atoms with Crippen LogP contribution in [-0.2, 0) is 16.2 Å². The number of carbonyl (C=O) groups excluding carboxylic acids is 1. The van der Waals surface area contributed by atoms with Crippen molar-refractivity contribution in [2.45, 2.75) is 53.2 Å². The second kappa shape index (κ2) is 14.9. The average molecular weight is 692 g/mol. The monoisotopic (exact) mass is 691 g/mol. The Balaban J connectivity index is 1.47. The molecular formula is C36H43F2N5O5Si. The zero-order chi connectivity index (χ0) is 35.3. The van der Waals surface area contributed by atoms with Gasteiger partial charge in [0.2, 0.25) is 0 Å². The van der Waals surface area contributed by atoms with E-state index in [1.807, 2.05) is 37.6 Å². The molecular weight excluding hydrogens is 649 g/mol. The Morgan fingerprint density at radius 3 is 2.51 bits per heavy atom. The zero-order valence-electron chi connectivity index (χ0n) is 28.8. The number of carbonyl (C=O) groups is 1. The number of rotatable bonds is 14. The van der Waals surface area contributed by atoms with Gasteiger partial charge in [-0.1, -0.05) is 46.5 Å². The third-order valence-corrected chi connectivity index (χ3v) is 9.68. The number of nitrogens with one attached hydrogen (secondary N) is 2. The molecule has 0 bridgehead atoms. The molecule has 1 fully saturated rings. The lowest BCUT2D eigenvalue weighted by molar-refractivity contribution is -0.0974. The number of nitrogens with zero attached hydrogens (tertiary/aromatic N) is 3. The number of urea groups is 1. The maximum absolute atomic E-state index is 15.4. The van der Waals surface area contributed by atoms with E-state index < -0.39 is 31.5 Å². The summed E-state index contributed by atoms with van der Waals surface area (Å²) in [6.07, 6.45) is 3.33. The number of benzene rings is 2. The van der Waals surface area contributed by atoms with Gasteiger partial charge in [0, 0.05) is 62.4 Å². The Morgan fingerprint density at radius 1 is 1.14 bits per heavy atom. The Bertz CT molecular complexity index is 1840. The second-order valence-corrected chi connectivity index (χ2v) is 20.0. The van der Waals surface area contributed by atoms with E-state index in [1.54, 1.807) is 12.1 Å². The first-order valence-corrected chi connectivity index (χ1v) is 20.0. The summed E-state index contributed by atoms with van der Waals surface area (Å²) in [7, 11) is -1.33. The van der Waals surface area contributed by atoms with E-state index in [9.17, 15) is 10.1 Å². The van der Waals surface area contributed by atoms with Crippen molar-refractivity contribution in [2.75, 3.05) is 38.3 Å². The number of amides is 2. The van der Waals surface area contributed by atoms with Crippen molar-refractivity contribution in [3.8, 4) is 34.4 Å². The lowest BCUT2D eigenvalue weighted by atomic mass is 9.89. The van der Waals surface area contributed by atoms with Crippen molar-refractivity contribution < 1.29 is 32.5 Å². The first-order valence-electron chi connectivity index (χ1n) is 16.3. The number of pyridine rings is 1. The topological polar surface area (TPSA) is 120 Å². The van der Waals surface area contributed by atoms with Gasteiger partial charge in [-0.3, -0.25) is 0 Å². The van der Waals surface area contributed by atoms with Crippen LogP contribution in [0.1, 0.15) is 26.3 Å². The largest absolute Gasteiger partial charge is 0.492 e. The first kappa shape index (κ1) is 35.8. The highest BCUT2D eigenvalue weighted by Crippen LogP contribution is 2.41. The van der Waals surface area contributed by atoms with Gasteiger partial charge in [0.15, 0.2) is 17.4 Å². The Morgan fingerprint density at radius 2 is 1.88 bits per heavy atom. The number of halogens is 2. The molecule has 0 radical (unpaired) electrons. The minimum atomic E-state index is -1.33. The standard InChI is InChI=1S/C36H43F2N5O5Si/c1-23(2)18-47-30-8-7-24(13-25(30)16-39)27-17-43(22-45-11-12-49(4,5)6)34-32(27)31(9-10-40-34)48-33-28(37)14-26(15-29(33)38)42-35(44)41-19-36(3)20-46-21-36/h7-10,13-15,17,23H,11-12,18-22H2,1-6H3,(H2,41,42,44). The highest BCUT2D eigenvalue weighted by molar-refractivity contribution is 6.76. The van der Waals surface area contributed by atoms with Gasteiger partial charge in [0.25, 0.3) is 0 Å². The van der Waals surface area contributed by atoms with Gasteiger partial charge >= 0.3 is 6.03 Å². The van der Waals surface area contributed by atoms with Gasteiger partial charge in [-0.15, -0.1) is 0 Å². The van der Waals surface area contributed by atoms with Crippen LogP contribution in [0.25, 0.3) is 22.2 Å². The van der Waals surface area contributed by atoms with E-state index in [0.717, 1.165) is 18.2 Å². The fourth-order valence-corrected chi connectivity index (χ4v) is 5.91. The average Bonchev–Trinajstić information content (AvgIpc) is 3.40. The lowest BCUT2D eigenvalue weighted by Crippen LogP contribution is -2.49. The van der Waals surface area contributed by atoms with Crippen molar-refractivity contribution >= 4 is 30.8 Å². The number of nitriles is 1. The SMILES string of the molecule is CC(C)COc1ccc(-c2cn(COCC[Si](C)(C)C)c3nccc(Oc4c(F)cc(NC(=O)NCC5(C)COC5)cc4F)c23)cc1C#N. The molecule has 0 atom stereocenters. The molecule has 0 saturated carbocycles. The third-order valence-electron chi connectivity index (χ3n) is 7.97. The van der Waals surface area contributed by atoms with Crippen LogP contribution in [0.2, 0.25) is 25.7 Å². The quantitative estimate of drug-likeness (QED) is 0.101. The number of hydrogen-bond acceptors (Lipinski definition) is 7. The van der Waals surface area contributed by atoms with Crippen LogP contribution < -0.4 is 20.1 Å². The number of fused-ring (bicyclic) bond motifs is 1. The van der Waals surface area contributed by atoms with Crippen molar-refractivity contribution in [3.63, 3.8) is 0 Å². The molecule has 3 heterocycles. The van der Waals surface area contributed by atoms with E-state index >= 15 is 8.78 Å². The molecule has 1 aliphatic heterocycles. The van der Waals surface area contributed by atoms with Crippen LogP contribution in [0.4, 0.5) is 19.3 Å². The summed E-state index contributed by atoms with van der Waals surface area (Å²) in [5, 5.41) is 15.6. The first-order chi connectivity index (χ1) is 23.2. The van der Waals surface area contributed by atoms with Gasteiger partial charge in [-0.2, -0.15) is 5.26 Å². The Labute approximate surface area is 286 Å². The summed E-state index contributed by atoms with van der Waals surface area (Å²) in [5.41, 5.74) is 1.86. The number of anilines is 1. The summed E-state index contributed by atoms with van der Waals surface area (Å²) in [5.74, 6) is -1.77. The molecule has 49 heavy (non-hydrogen) atoms. The van der Waals surface area contributed by atoms with E-state index in [1.165, 1.54) is 12.3 Å². The molecule has 10 nitrogen and oxygen atoms in total. The predicted octanol–water partition coefficient (Wildman–Crippen LogP) is 8.15. The molecule has 2 amide bonds. The highest BCUT2D eigenvalue weighted by atomic mass is 28.3. The van der Waals surface area contributed by atoms with Crippen LogP contribution in [0.3, 0.4) is 0 Å². The van der Waals surface area contributed by atoms with Gasteiger partial charge < -0.3 is 34.1 Å². The summed E-state index contributed by atoms with van der Waals surface area (Å²) < 4.78 is 55.8. The number of aromatic nitrogens is 2. The van der Waals surface area contributed by atoms with Crippen molar-refractivity contribution in [1.82, 2.24) is 14.9 Å². The molecule has 2 aromatic heterocycles. The van der Waals surface area contributed by atoms with Crippen LogP contribution in [0, 0.1) is 34.3 Å². The predicted molar refractivity (Wildman–Crippen MR) is 187 cm³/mol. The van der Waals surface area contributed by atoms with Crippen molar-refractivity contribution in [1.29, 1.82) is 5.26 Å². The lowest BCUT2D eigenvalue weighted by Gasteiger charge is -2.37. The van der Waals surface area contributed by atoms with Crippen LogP contribution >= 0.6 is 0 Å².